The summed E-state index contributed by atoms with van der Waals surface area (Å²) in [6, 6.07) is 11.7. The van der Waals surface area contributed by atoms with Crippen molar-refractivity contribution < 1.29 is 36.2 Å². The summed E-state index contributed by atoms with van der Waals surface area (Å²) in [5.74, 6) is 0.0178. The summed E-state index contributed by atoms with van der Waals surface area (Å²) in [5.41, 5.74) is 2.04. The molecule has 6 nitrogen and oxygen atoms in total. The largest absolute Gasteiger partial charge is 0.573 e. The lowest BCUT2D eigenvalue weighted by molar-refractivity contribution is -0.274. The molecule has 0 aliphatic rings. The number of benzene rings is 2. The van der Waals surface area contributed by atoms with Crippen LogP contribution in [0.4, 0.5) is 22.0 Å². The van der Waals surface area contributed by atoms with Gasteiger partial charge in [0.05, 0.1) is 18.4 Å². The van der Waals surface area contributed by atoms with Crippen molar-refractivity contribution in [2.75, 3.05) is 13.7 Å². The minimum absolute atomic E-state index is 0.107. The minimum atomic E-state index is -4.91. The van der Waals surface area contributed by atoms with E-state index >= 15 is 0 Å². The Bertz CT molecular complexity index is 1360. The molecule has 3 aromatic rings. The quantitative estimate of drug-likeness (QED) is 0.157. The second kappa shape index (κ2) is 13.2. The summed E-state index contributed by atoms with van der Waals surface area (Å²) in [4.78, 5) is 0. The van der Waals surface area contributed by atoms with Crippen LogP contribution in [0.15, 0.2) is 85.5 Å². The topological polar surface area (TPSA) is 57.5 Å². The number of nitrogens with zero attached hydrogens (tertiary/aromatic N) is 2. The Hall–Kier alpha value is -4.12. The highest BCUT2D eigenvalue weighted by Gasteiger charge is 2.37. The fraction of sp³-hybridized carbons (Fsp3) is 0.323. The van der Waals surface area contributed by atoms with Crippen molar-refractivity contribution in [2.24, 2.45) is 7.05 Å². The van der Waals surface area contributed by atoms with E-state index in [9.17, 15) is 22.0 Å². The van der Waals surface area contributed by atoms with Crippen LogP contribution in [-0.4, -0.2) is 35.9 Å². The third-order valence-corrected chi connectivity index (χ3v) is 6.61. The van der Waals surface area contributed by atoms with E-state index in [1.165, 1.54) is 37.4 Å². The Balaban J connectivity index is 2.22. The zero-order valence-corrected chi connectivity index (χ0v) is 23.9. The molecular weight excluding hydrogens is 557 g/mol. The number of hydrogen-bond acceptors (Lipinski definition) is 5. The van der Waals surface area contributed by atoms with E-state index in [0.717, 1.165) is 11.3 Å². The molecule has 0 saturated carbocycles. The molecular formula is C31H34F5N3O3. The summed E-state index contributed by atoms with van der Waals surface area (Å²) in [7, 11) is 3.28. The second-order valence-corrected chi connectivity index (χ2v) is 9.75. The first-order valence-electron chi connectivity index (χ1n) is 13.0. The molecule has 0 saturated heterocycles. The zero-order chi connectivity index (χ0) is 31.1. The van der Waals surface area contributed by atoms with E-state index in [1.807, 2.05) is 6.92 Å². The first-order chi connectivity index (χ1) is 19.7. The molecule has 0 spiro atoms. The summed E-state index contributed by atoms with van der Waals surface area (Å²) in [6.45, 7) is 10.5. The molecule has 1 N–H and O–H groups in total. The lowest BCUT2D eigenvalue weighted by Crippen LogP contribution is -2.40. The number of nitrogens with one attached hydrogen (secondary N) is 1. The second-order valence-electron chi connectivity index (χ2n) is 9.75. The number of hydrogen-bond donors (Lipinski definition) is 1. The molecule has 11 heteroatoms. The van der Waals surface area contributed by atoms with Gasteiger partial charge in [0.1, 0.15) is 11.5 Å². The van der Waals surface area contributed by atoms with Crippen molar-refractivity contribution in [3.63, 3.8) is 0 Å². The highest BCUT2D eigenvalue weighted by atomic mass is 19.4. The average Bonchev–Trinajstić information content (AvgIpc) is 3.17. The Morgan fingerprint density at radius 2 is 1.60 bits per heavy atom. The maximum absolute atomic E-state index is 13.8. The van der Waals surface area contributed by atoms with Crippen molar-refractivity contribution in [2.45, 2.75) is 44.7 Å². The molecule has 226 valence electrons. The predicted molar refractivity (Wildman–Crippen MR) is 151 cm³/mol. The minimum Gasteiger partial charge on any atom is -0.481 e. The fourth-order valence-corrected chi connectivity index (χ4v) is 4.93. The van der Waals surface area contributed by atoms with Gasteiger partial charge in [0.15, 0.2) is 0 Å². The van der Waals surface area contributed by atoms with Gasteiger partial charge in [-0.3, -0.25) is 0 Å². The van der Waals surface area contributed by atoms with E-state index in [0.29, 0.717) is 36.0 Å². The van der Waals surface area contributed by atoms with Gasteiger partial charge in [-0.2, -0.15) is 13.9 Å². The average molecular weight is 592 g/mol. The van der Waals surface area contributed by atoms with E-state index in [1.54, 1.807) is 48.2 Å². The first kappa shape index (κ1) is 32.4. The molecule has 1 atom stereocenters. The van der Waals surface area contributed by atoms with E-state index in [4.69, 9.17) is 9.47 Å². The lowest BCUT2D eigenvalue weighted by Gasteiger charge is -2.37. The van der Waals surface area contributed by atoms with Crippen molar-refractivity contribution in [3.05, 3.63) is 108 Å². The van der Waals surface area contributed by atoms with Crippen molar-refractivity contribution in [3.8, 4) is 17.4 Å². The van der Waals surface area contributed by atoms with Gasteiger partial charge in [-0.05, 0) is 54.3 Å². The standard InChI is InChI=1S/C31H34F5N3O3/c1-7-11-22(8-2)18-30(23-12-9-14-25(16-23)41-29(4,32)33,24-13-10-15-26(17-24)42-31(34,35)36)20-37-19-27-21(3)38-39(5)28(27)40-6/h7-17,37H,1-2,18-20H2,3-6H3/b22-11+. The Labute approximate surface area is 242 Å². The van der Waals surface area contributed by atoms with Crippen LogP contribution >= 0.6 is 0 Å². The van der Waals surface area contributed by atoms with Crippen molar-refractivity contribution >= 4 is 0 Å². The van der Waals surface area contributed by atoms with Gasteiger partial charge < -0.3 is 19.5 Å². The van der Waals surface area contributed by atoms with Crippen LogP contribution in [0.5, 0.6) is 17.4 Å². The predicted octanol–water partition coefficient (Wildman–Crippen LogP) is 7.39. The van der Waals surface area contributed by atoms with Crippen LogP contribution in [0.1, 0.15) is 35.7 Å². The Morgan fingerprint density at radius 1 is 1.00 bits per heavy atom. The van der Waals surface area contributed by atoms with Gasteiger partial charge in [0, 0.05) is 32.5 Å². The molecule has 3 rings (SSSR count). The summed E-state index contributed by atoms with van der Waals surface area (Å²) >= 11 is 0. The van der Waals surface area contributed by atoms with Crippen LogP contribution in [0.25, 0.3) is 0 Å². The molecule has 42 heavy (non-hydrogen) atoms. The molecule has 0 bridgehead atoms. The van der Waals surface area contributed by atoms with Crippen LogP contribution in [0, 0.1) is 6.92 Å². The number of ether oxygens (including phenoxy) is 3. The molecule has 1 heterocycles. The molecule has 1 aromatic heterocycles. The first-order valence-corrected chi connectivity index (χ1v) is 13.0. The van der Waals surface area contributed by atoms with E-state index < -0.39 is 23.6 Å². The summed E-state index contributed by atoms with van der Waals surface area (Å²) in [5, 5.41) is 7.80. The van der Waals surface area contributed by atoms with Crippen LogP contribution in [0.2, 0.25) is 0 Å². The molecule has 0 fully saturated rings. The number of allylic oxidation sites excluding steroid dienone is 4. The molecule has 0 radical (unpaired) electrons. The molecule has 0 aliphatic heterocycles. The zero-order valence-electron chi connectivity index (χ0n) is 23.9. The van der Waals surface area contributed by atoms with Crippen LogP contribution < -0.4 is 19.5 Å². The SMILES string of the molecule is C=C/C=C(\C=C)CC(CNCc1c(C)nn(C)c1OC)(c1cccc(OC(C)(F)F)c1)c1cccc(OC(F)(F)F)c1. The third kappa shape index (κ3) is 8.22. The maximum atomic E-state index is 13.8. The van der Waals surface area contributed by atoms with Crippen LogP contribution in [-0.2, 0) is 19.0 Å². The Kier molecular flexibility index (Phi) is 10.2. The smallest absolute Gasteiger partial charge is 0.481 e. The molecule has 0 aliphatic carbocycles. The number of aromatic nitrogens is 2. The van der Waals surface area contributed by atoms with Crippen LogP contribution in [0.3, 0.4) is 0 Å². The Morgan fingerprint density at radius 3 is 2.10 bits per heavy atom. The van der Waals surface area contributed by atoms with Gasteiger partial charge >= 0.3 is 12.5 Å². The highest BCUT2D eigenvalue weighted by molar-refractivity contribution is 5.48. The normalized spacial score (nSPS) is 13.8. The number of alkyl halides is 5. The molecule has 2 aromatic carbocycles. The fourth-order valence-electron chi connectivity index (χ4n) is 4.93. The van der Waals surface area contributed by atoms with E-state index in [-0.39, 0.29) is 18.7 Å². The highest BCUT2D eigenvalue weighted by Crippen LogP contribution is 2.42. The number of aryl methyl sites for hydroxylation is 2. The number of halogens is 5. The van der Waals surface area contributed by atoms with Crippen molar-refractivity contribution in [1.82, 2.24) is 15.1 Å². The monoisotopic (exact) mass is 591 g/mol. The van der Waals surface area contributed by atoms with Gasteiger partial charge in [-0.1, -0.05) is 55.7 Å². The van der Waals surface area contributed by atoms with Crippen molar-refractivity contribution in [1.29, 1.82) is 0 Å². The lowest BCUT2D eigenvalue weighted by atomic mass is 9.70. The number of methoxy groups -OCH3 is 1. The molecule has 1 unspecified atom stereocenters. The van der Waals surface area contributed by atoms with Gasteiger partial charge in [0.25, 0.3) is 0 Å². The summed E-state index contributed by atoms with van der Waals surface area (Å²) < 4.78 is 83.4. The van der Waals surface area contributed by atoms with Gasteiger partial charge in [-0.15, -0.1) is 13.2 Å². The van der Waals surface area contributed by atoms with Gasteiger partial charge in [0.2, 0.25) is 5.88 Å². The molecule has 0 amide bonds. The van der Waals surface area contributed by atoms with Gasteiger partial charge in [-0.25, -0.2) is 4.68 Å². The summed E-state index contributed by atoms with van der Waals surface area (Å²) in [6.07, 6.45) is -3.25. The van der Waals surface area contributed by atoms with E-state index in [2.05, 4.69) is 28.3 Å². The third-order valence-electron chi connectivity index (χ3n) is 6.61. The maximum Gasteiger partial charge on any atom is 0.573 e. The number of rotatable bonds is 14.